The van der Waals surface area contributed by atoms with Crippen molar-refractivity contribution in [2.75, 3.05) is 11.5 Å². The Hall–Kier alpha value is 0.240. The zero-order valence-electron chi connectivity index (χ0n) is 6.75. The highest BCUT2D eigenvalue weighted by atomic mass is 32.2. The van der Waals surface area contributed by atoms with E-state index in [4.69, 9.17) is 5.11 Å². The Morgan fingerprint density at radius 1 is 1.55 bits per heavy atom. The van der Waals surface area contributed by atoms with Crippen LogP contribution in [0.15, 0.2) is 11.8 Å². The van der Waals surface area contributed by atoms with Crippen LogP contribution in [0.2, 0.25) is 0 Å². The predicted molar refractivity (Wildman–Crippen MR) is 54.3 cm³/mol. The SMILES string of the molecule is CC(=CO)CC1SCCCS1. The monoisotopic (exact) mass is 190 g/mol. The molecule has 3 heteroatoms. The normalized spacial score (nSPS) is 22.1. The van der Waals surface area contributed by atoms with Crippen LogP contribution in [0.25, 0.3) is 0 Å². The number of hydrogen-bond acceptors (Lipinski definition) is 3. The lowest BCUT2D eigenvalue weighted by Gasteiger charge is -2.20. The van der Waals surface area contributed by atoms with E-state index in [0.717, 1.165) is 12.0 Å². The molecule has 0 aliphatic carbocycles. The first-order valence-corrected chi connectivity index (χ1v) is 5.95. The number of allylic oxidation sites excluding steroid dienone is 1. The van der Waals surface area contributed by atoms with E-state index in [9.17, 15) is 0 Å². The van der Waals surface area contributed by atoms with Crippen molar-refractivity contribution in [1.29, 1.82) is 0 Å². The molecule has 0 aromatic rings. The van der Waals surface area contributed by atoms with Gasteiger partial charge in [-0.3, -0.25) is 0 Å². The zero-order chi connectivity index (χ0) is 8.10. The molecule has 1 aliphatic rings. The molecule has 0 amide bonds. The first-order chi connectivity index (χ1) is 5.33. The van der Waals surface area contributed by atoms with E-state index in [-0.39, 0.29) is 0 Å². The summed E-state index contributed by atoms with van der Waals surface area (Å²) in [4.78, 5) is 0. The van der Waals surface area contributed by atoms with Crippen molar-refractivity contribution >= 4 is 23.5 Å². The third kappa shape index (κ3) is 3.43. The second-order valence-corrected chi connectivity index (χ2v) is 5.62. The van der Waals surface area contributed by atoms with Crippen molar-refractivity contribution in [1.82, 2.24) is 0 Å². The van der Waals surface area contributed by atoms with Gasteiger partial charge in [0.25, 0.3) is 0 Å². The van der Waals surface area contributed by atoms with E-state index < -0.39 is 0 Å². The van der Waals surface area contributed by atoms with Crippen molar-refractivity contribution in [3.8, 4) is 0 Å². The van der Waals surface area contributed by atoms with Gasteiger partial charge >= 0.3 is 0 Å². The van der Waals surface area contributed by atoms with Crippen LogP contribution in [-0.2, 0) is 0 Å². The van der Waals surface area contributed by atoms with Gasteiger partial charge in [0.2, 0.25) is 0 Å². The second kappa shape index (κ2) is 4.99. The van der Waals surface area contributed by atoms with Crippen LogP contribution in [0.3, 0.4) is 0 Å². The van der Waals surface area contributed by atoms with Crippen LogP contribution in [0, 0.1) is 0 Å². The van der Waals surface area contributed by atoms with Gasteiger partial charge in [0, 0.05) is 0 Å². The van der Waals surface area contributed by atoms with Gasteiger partial charge in [-0.1, -0.05) is 0 Å². The molecule has 11 heavy (non-hydrogen) atoms. The van der Waals surface area contributed by atoms with Gasteiger partial charge in [0.15, 0.2) is 0 Å². The average Bonchev–Trinajstić information content (AvgIpc) is 2.06. The largest absolute Gasteiger partial charge is 0.516 e. The molecular formula is C8H14OS2. The third-order valence-electron chi connectivity index (χ3n) is 1.61. The Kier molecular flexibility index (Phi) is 4.23. The summed E-state index contributed by atoms with van der Waals surface area (Å²) < 4.78 is 0.687. The summed E-state index contributed by atoms with van der Waals surface area (Å²) in [6.07, 6.45) is 3.61. The number of rotatable bonds is 2. The van der Waals surface area contributed by atoms with Gasteiger partial charge in [-0.15, -0.1) is 23.5 Å². The number of aliphatic hydroxyl groups is 1. The summed E-state index contributed by atoms with van der Waals surface area (Å²) in [5.74, 6) is 2.58. The molecular weight excluding hydrogens is 176 g/mol. The van der Waals surface area contributed by atoms with Gasteiger partial charge in [0.1, 0.15) is 0 Å². The Morgan fingerprint density at radius 3 is 2.73 bits per heavy atom. The van der Waals surface area contributed by atoms with Gasteiger partial charge in [-0.05, 0) is 36.8 Å². The maximum Gasteiger partial charge on any atom is 0.0781 e. The van der Waals surface area contributed by atoms with E-state index in [1.807, 2.05) is 30.4 Å². The summed E-state index contributed by atoms with van der Waals surface area (Å²) in [6.45, 7) is 1.98. The first kappa shape index (κ1) is 9.33. The molecule has 1 nitrogen and oxygen atoms in total. The maximum absolute atomic E-state index is 8.68. The van der Waals surface area contributed by atoms with Crippen LogP contribution in [0.4, 0.5) is 0 Å². The Morgan fingerprint density at radius 2 is 2.18 bits per heavy atom. The van der Waals surface area contributed by atoms with E-state index in [1.54, 1.807) is 0 Å². The maximum atomic E-state index is 8.68. The van der Waals surface area contributed by atoms with E-state index in [1.165, 1.54) is 24.2 Å². The molecule has 1 N–H and O–H groups in total. The fourth-order valence-corrected chi connectivity index (χ4v) is 4.02. The molecule has 0 aromatic carbocycles. The van der Waals surface area contributed by atoms with Gasteiger partial charge in [-0.2, -0.15) is 0 Å². The molecule has 0 radical (unpaired) electrons. The van der Waals surface area contributed by atoms with Gasteiger partial charge < -0.3 is 5.11 Å². The summed E-state index contributed by atoms with van der Waals surface area (Å²) in [6, 6.07) is 0. The molecule has 0 aromatic heterocycles. The summed E-state index contributed by atoms with van der Waals surface area (Å²) in [5, 5.41) is 8.68. The summed E-state index contributed by atoms with van der Waals surface area (Å²) in [7, 11) is 0. The van der Waals surface area contributed by atoms with Crippen LogP contribution in [0.1, 0.15) is 19.8 Å². The molecule has 0 spiro atoms. The lowest BCUT2D eigenvalue weighted by atomic mass is 10.3. The summed E-state index contributed by atoms with van der Waals surface area (Å²) in [5.41, 5.74) is 1.09. The van der Waals surface area contributed by atoms with Crippen LogP contribution in [-0.4, -0.2) is 21.2 Å². The Labute approximate surface area is 76.6 Å². The van der Waals surface area contributed by atoms with E-state index in [2.05, 4.69) is 0 Å². The lowest BCUT2D eigenvalue weighted by Crippen LogP contribution is -2.06. The minimum atomic E-state index is 0.687. The molecule has 64 valence electrons. The van der Waals surface area contributed by atoms with Crippen molar-refractivity contribution in [2.24, 2.45) is 0 Å². The minimum absolute atomic E-state index is 0.687. The Balaban J connectivity index is 2.24. The number of thioether (sulfide) groups is 2. The number of hydrogen-bond donors (Lipinski definition) is 1. The Bertz CT molecular complexity index is 139. The molecule has 1 heterocycles. The molecule has 1 rings (SSSR count). The van der Waals surface area contributed by atoms with Crippen molar-refractivity contribution < 1.29 is 5.11 Å². The summed E-state index contributed by atoms with van der Waals surface area (Å²) >= 11 is 4.04. The first-order valence-electron chi connectivity index (χ1n) is 3.86. The lowest BCUT2D eigenvalue weighted by molar-refractivity contribution is 0.465. The van der Waals surface area contributed by atoms with E-state index >= 15 is 0 Å². The third-order valence-corrected chi connectivity index (χ3v) is 4.55. The van der Waals surface area contributed by atoms with Crippen molar-refractivity contribution in [3.05, 3.63) is 11.8 Å². The fourth-order valence-electron chi connectivity index (χ4n) is 0.970. The molecule has 1 aliphatic heterocycles. The highest BCUT2D eigenvalue weighted by molar-refractivity contribution is 8.17. The standard InChI is InChI=1S/C8H14OS2/c1-7(6-9)5-8-10-3-2-4-11-8/h6,8-9H,2-5H2,1H3. The topological polar surface area (TPSA) is 20.2 Å². The predicted octanol–water partition coefficient (Wildman–Crippen LogP) is 3.03. The van der Waals surface area contributed by atoms with Crippen molar-refractivity contribution in [3.63, 3.8) is 0 Å². The molecule has 0 atom stereocenters. The molecule has 1 fully saturated rings. The molecule has 1 saturated heterocycles. The van der Waals surface area contributed by atoms with Crippen molar-refractivity contribution in [2.45, 2.75) is 24.3 Å². The van der Waals surface area contributed by atoms with Crippen LogP contribution >= 0.6 is 23.5 Å². The van der Waals surface area contributed by atoms with Crippen LogP contribution < -0.4 is 0 Å². The number of aliphatic hydroxyl groups excluding tert-OH is 1. The smallest absolute Gasteiger partial charge is 0.0781 e. The molecule has 0 bridgehead atoms. The quantitative estimate of drug-likeness (QED) is 0.676. The second-order valence-electron chi connectivity index (χ2n) is 2.70. The average molecular weight is 190 g/mol. The van der Waals surface area contributed by atoms with Gasteiger partial charge in [0.05, 0.1) is 10.8 Å². The highest BCUT2D eigenvalue weighted by Crippen LogP contribution is 2.34. The molecule has 0 saturated carbocycles. The minimum Gasteiger partial charge on any atom is -0.516 e. The zero-order valence-corrected chi connectivity index (χ0v) is 8.38. The van der Waals surface area contributed by atoms with Crippen LogP contribution in [0.5, 0.6) is 0 Å². The highest BCUT2D eigenvalue weighted by Gasteiger charge is 2.14. The molecule has 0 unspecified atom stereocenters. The van der Waals surface area contributed by atoms with E-state index in [0.29, 0.717) is 4.58 Å². The van der Waals surface area contributed by atoms with Gasteiger partial charge in [-0.25, -0.2) is 0 Å². The fraction of sp³-hybridized carbons (Fsp3) is 0.750.